The van der Waals surface area contributed by atoms with Gasteiger partial charge in [0.1, 0.15) is 5.82 Å². The lowest BCUT2D eigenvalue weighted by molar-refractivity contribution is 0.445. The van der Waals surface area contributed by atoms with E-state index >= 15 is 0 Å². The van der Waals surface area contributed by atoms with Gasteiger partial charge in [-0.15, -0.1) is 0 Å². The van der Waals surface area contributed by atoms with Crippen LogP contribution in [0.1, 0.15) is 49.3 Å². The van der Waals surface area contributed by atoms with E-state index in [1.165, 1.54) is 43.7 Å². The first-order chi connectivity index (χ1) is 8.74. The Balaban J connectivity index is 2.16. The van der Waals surface area contributed by atoms with Gasteiger partial charge in [-0.05, 0) is 55.5 Å². The lowest BCUT2D eigenvalue weighted by Crippen LogP contribution is -2.06. The van der Waals surface area contributed by atoms with Crippen LogP contribution in [0.5, 0.6) is 0 Å². The van der Waals surface area contributed by atoms with Crippen molar-refractivity contribution in [1.82, 2.24) is 4.98 Å². The van der Waals surface area contributed by atoms with Gasteiger partial charge >= 0.3 is 0 Å². The third kappa shape index (κ3) is 2.12. The molecule has 0 aliphatic heterocycles. The molecule has 0 bridgehead atoms. The highest BCUT2D eigenvalue weighted by molar-refractivity contribution is 5.83. The Bertz CT molecular complexity index is 571. The van der Waals surface area contributed by atoms with Gasteiger partial charge < -0.3 is 0 Å². The zero-order chi connectivity index (χ0) is 12.5. The van der Waals surface area contributed by atoms with E-state index < -0.39 is 0 Å². The van der Waals surface area contributed by atoms with Crippen LogP contribution in [0, 0.1) is 12.7 Å². The van der Waals surface area contributed by atoms with Crippen LogP contribution in [0.3, 0.4) is 0 Å². The van der Waals surface area contributed by atoms with Crippen LogP contribution in [0.25, 0.3) is 10.9 Å². The summed E-state index contributed by atoms with van der Waals surface area (Å²) in [5.74, 6) is 0.426. The molecule has 0 atom stereocenters. The second kappa shape index (κ2) is 4.68. The largest absolute Gasteiger partial charge is 0.253 e. The first-order valence-electron chi connectivity index (χ1n) is 6.81. The molecule has 1 fully saturated rings. The van der Waals surface area contributed by atoms with Crippen molar-refractivity contribution in [2.45, 2.75) is 44.9 Å². The summed E-state index contributed by atoms with van der Waals surface area (Å²) in [5, 5.41) is 1.01. The van der Waals surface area contributed by atoms with Crippen LogP contribution in [0.2, 0.25) is 0 Å². The molecule has 0 amide bonds. The number of hydrogen-bond donors (Lipinski definition) is 0. The quantitative estimate of drug-likeness (QED) is 0.705. The minimum Gasteiger partial charge on any atom is -0.253 e. The summed E-state index contributed by atoms with van der Waals surface area (Å²) in [6, 6.07) is 7.09. The van der Waals surface area contributed by atoms with Crippen molar-refractivity contribution in [2.75, 3.05) is 0 Å². The average Bonchev–Trinajstić information content (AvgIpc) is 2.39. The minimum atomic E-state index is -0.162. The maximum atomic E-state index is 13.5. The SMILES string of the molecule is Cc1cc(C2CCCCC2)c2cc(F)ccc2n1. The molecule has 94 valence electrons. The summed E-state index contributed by atoms with van der Waals surface area (Å²) < 4.78 is 13.5. The van der Waals surface area contributed by atoms with E-state index in [0.717, 1.165) is 16.6 Å². The minimum absolute atomic E-state index is 0.162. The van der Waals surface area contributed by atoms with Crippen molar-refractivity contribution in [2.24, 2.45) is 0 Å². The van der Waals surface area contributed by atoms with Crippen molar-refractivity contribution in [1.29, 1.82) is 0 Å². The van der Waals surface area contributed by atoms with E-state index in [1.54, 1.807) is 12.1 Å². The first-order valence-corrected chi connectivity index (χ1v) is 6.81. The summed E-state index contributed by atoms with van der Waals surface area (Å²) in [7, 11) is 0. The highest BCUT2D eigenvalue weighted by Crippen LogP contribution is 2.36. The summed E-state index contributed by atoms with van der Waals surface area (Å²) in [6.45, 7) is 2.02. The Morgan fingerprint density at radius 1 is 1.11 bits per heavy atom. The van der Waals surface area contributed by atoms with E-state index in [-0.39, 0.29) is 5.82 Å². The number of pyridine rings is 1. The molecule has 0 unspecified atom stereocenters. The smallest absolute Gasteiger partial charge is 0.123 e. The number of aromatic nitrogens is 1. The van der Waals surface area contributed by atoms with Gasteiger partial charge in [-0.1, -0.05) is 19.3 Å². The Hall–Kier alpha value is -1.44. The van der Waals surface area contributed by atoms with E-state index in [2.05, 4.69) is 11.1 Å². The van der Waals surface area contributed by atoms with Crippen LogP contribution in [-0.2, 0) is 0 Å². The molecule has 0 N–H and O–H groups in total. The molecule has 1 aliphatic carbocycles. The Morgan fingerprint density at radius 2 is 1.89 bits per heavy atom. The Morgan fingerprint density at radius 3 is 2.67 bits per heavy atom. The molecule has 1 nitrogen and oxygen atoms in total. The Labute approximate surface area is 107 Å². The first kappa shape index (κ1) is 11.6. The van der Waals surface area contributed by atoms with Crippen molar-refractivity contribution >= 4 is 10.9 Å². The van der Waals surface area contributed by atoms with Crippen LogP contribution in [0.4, 0.5) is 4.39 Å². The number of aryl methyl sites for hydroxylation is 1. The molecule has 1 aromatic heterocycles. The third-order valence-corrected chi connectivity index (χ3v) is 3.98. The second-order valence-corrected chi connectivity index (χ2v) is 5.35. The van der Waals surface area contributed by atoms with Gasteiger partial charge in [-0.3, -0.25) is 4.98 Å². The number of benzene rings is 1. The molecule has 0 spiro atoms. The number of nitrogens with zero attached hydrogens (tertiary/aromatic N) is 1. The fraction of sp³-hybridized carbons (Fsp3) is 0.438. The lowest BCUT2D eigenvalue weighted by Gasteiger charge is -2.23. The number of hydrogen-bond acceptors (Lipinski definition) is 1. The molecule has 1 aliphatic rings. The predicted molar refractivity (Wildman–Crippen MR) is 72.3 cm³/mol. The molecule has 18 heavy (non-hydrogen) atoms. The monoisotopic (exact) mass is 243 g/mol. The van der Waals surface area contributed by atoms with Crippen molar-refractivity contribution in [3.63, 3.8) is 0 Å². The fourth-order valence-corrected chi connectivity index (χ4v) is 3.11. The highest BCUT2D eigenvalue weighted by Gasteiger charge is 2.18. The van der Waals surface area contributed by atoms with Crippen molar-refractivity contribution < 1.29 is 4.39 Å². The van der Waals surface area contributed by atoms with Gasteiger partial charge in [0.2, 0.25) is 0 Å². The van der Waals surface area contributed by atoms with Gasteiger partial charge in [0.25, 0.3) is 0 Å². The molecule has 2 aromatic rings. The normalized spacial score (nSPS) is 17.2. The molecule has 1 heterocycles. The summed E-state index contributed by atoms with van der Waals surface area (Å²) in [5.41, 5.74) is 3.27. The molecule has 0 saturated heterocycles. The van der Waals surface area contributed by atoms with E-state index in [1.807, 2.05) is 6.92 Å². The van der Waals surface area contributed by atoms with Gasteiger partial charge in [-0.25, -0.2) is 4.39 Å². The summed E-state index contributed by atoms with van der Waals surface area (Å²) in [4.78, 5) is 4.51. The highest BCUT2D eigenvalue weighted by atomic mass is 19.1. The number of halogens is 1. The summed E-state index contributed by atoms with van der Waals surface area (Å²) in [6.07, 6.45) is 6.39. The average molecular weight is 243 g/mol. The van der Waals surface area contributed by atoms with Crippen LogP contribution < -0.4 is 0 Å². The van der Waals surface area contributed by atoms with Crippen molar-refractivity contribution in [3.05, 3.63) is 41.3 Å². The van der Waals surface area contributed by atoms with E-state index in [9.17, 15) is 4.39 Å². The Kier molecular flexibility index (Phi) is 3.02. The molecule has 3 rings (SSSR count). The molecule has 1 saturated carbocycles. The van der Waals surface area contributed by atoms with Gasteiger partial charge in [0.05, 0.1) is 5.52 Å². The predicted octanol–water partition coefficient (Wildman–Crippen LogP) is 4.73. The number of fused-ring (bicyclic) bond motifs is 1. The zero-order valence-corrected chi connectivity index (χ0v) is 10.7. The van der Waals surface area contributed by atoms with E-state index in [4.69, 9.17) is 0 Å². The summed E-state index contributed by atoms with van der Waals surface area (Å²) >= 11 is 0. The van der Waals surface area contributed by atoms with Gasteiger partial charge in [0.15, 0.2) is 0 Å². The zero-order valence-electron chi connectivity index (χ0n) is 10.7. The van der Waals surface area contributed by atoms with Crippen LogP contribution in [-0.4, -0.2) is 4.98 Å². The molecule has 2 heteroatoms. The standard InChI is InChI=1S/C16H18FN/c1-11-9-14(12-5-3-2-4-6-12)15-10-13(17)7-8-16(15)18-11/h7-10,12H,2-6H2,1H3. The van der Waals surface area contributed by atoms with E-state index in [0.29, 0.717) is 5.92 Å². The third-order valence-electron chi connectivity index (χ3n) is 3.98. The van der Waals surface area contributed by atoms with Crippen molar-refractivity contribution in [3.8, 4) is 0 Å². The molecular weight excluding hydrogens is 225 g/mol. The second-order valence-electron chi connectivity index (χ2n) is 5.35. The maximum absolute atomic E-state index is 13.5. The van der Waals surface area contributed by atoms with Crippen LogP contribution >= 0.6 is 0 Å². The maximum Gasteiger partial charge on any atom is 0.123 e. The molecule has 1 aromatic carbocycles. The van der Waals surface area contributed by atoms with Gasteiger partial charge in [-0.2, -0.15) is 0 Å². The lowest BCUT2D eigenvalue weighted by atomic mass is 9.82. The van der Waals surface area contributed by atoms with Crippen LogP contribution in [0.15, 0.2) is 24.3 Å². The number of rotatable bonds is 1. The van der Waals surface area contributed by atoms with Gasteiger partial charge in [0, 0.05) is 11.1 Å². The molecule has 0 radical (unpaired) electrons. The molecular formula is C16H18FN. The topological polar surface area (TPSA) is 12.9 Å². The fourth-order valence-electron chi connectivity index (χ4n) is 3.11.